The van der Waals surface area contributed by atoms with Crippen LogP contribution >= 0.6 is 23.1 Å². The molecule has 0 aliphatic rings. The molecule has 2 heterocycles. The Morgan fingerprint density at radius 3 is 2.83 bits per heavy atom. The highest BCUT2D eigenvalue weighted by Gasteiger charge is 2.09. The summed E-state index contributed by atoms with van der Waals surface area (Å²) in [5.41, 5.74) is 7.04. The van der Waals surface area contributed by atoms with Gasteiger partial charge in [0.05, 0.1) is 26.9 Å². The first-order valence-corrected chi connectivity index (χ1v) is 8.82. The fourth-order valence-corrected chi connectivity index (χ4v) is 3.96. The lowest BCUT2D eigenvalue weighted by Crippen LogP contribution is -2.05. The first kappa shape index (κ1) is 16.6. The molecule has 2 aromatic heterocycles. The van der Waals surface area contributed by atoms with E-state index in [9.17, 15) is 5.26 Å². The number of aromatic nitrogens is 1. The van der Waals surface area contributed by atoms with Crippen LogP contribution in [0.15, 0.2) is 45.6 Å². The molecule has 0 saturated heterocycles. The van der Waals surface area contributed by atoms with Gasteiger partial charge in [-0.05, 0) is 24.3 Å². The molecule has 0 bridgehead atoms. The lowest BCUT2D eigenvalue weighted by Gasteiger charge is -2.09. The van der Waals surface area contributed by atoms with Crippen molar-refractivity contribution in [3.05, 3.63) is 42.0 Å². The Kier molecular flexibility index (Phi) is 5.20. The van der Waals surface area contributed by atoms with Gasteiger partial charge in [0.2, 0.25) is 0 Å². The number of nitrogens with two attached hydrogens (primary N) is 1. The van der Waals surface area contributed by atoms with Crippen molar-refractivity contribution < 1.29 is 9.47 Å². The van der Waals surface area contributed by atoms with Gasteiger partial charge >= 0.3 is 0 Å². The lowest BCUT2D eigenvalue weighted by molar-refractivity contribution is 0.146. The van der Waals surface area contributed by atoms with Crippen LogP contribution in [0.2, 0.25) is 0 Å². The number of pyridine rings is 1. The minimum absolute atomic E-state index is 0.388. The van der Waals surface area contributed by atoms with Crippen molar-refractivity contribution in [3.63, 3.8) is 0 Å². The summed E-state index contributed by atoms with van der Waals surface area (Å²) in [5.74, 6) is 0.525. The summed E-state index contributed by atoms with van der Waals surface area (Å²) in [4.78, 5) is 4.65. The molecule has 1 aromatic carbocycles. The van der Waals surface area contributed by atoms with Gasteiger partial charge in [-0.15, -0.1) is 11.3 Å². The zero-order valence-corrected chi connectivity index (χ0v) is 14.6. The van der Waals surface area contributed by atoms with Crippen molar-refractivity contribution in [1.29, 1.82) is 5.26 Å². The highest BCUT2D eigenvalue weighted by molar-refractivity contribution is 8.01. The number of methoxy groups -OCH3 is 1. The Labute approximate surface area is 148 Å². The standard InChI is InChI=1S/C17H15N3O2S2/c1-21-6-7-22-14-9-13-11(8-12(14)10-18)2-4-16(20-13)24-17-5-3-15(19)23-17/h2-5,8-9H,6-7,19H2,1H3. The fraction of sp³-hybridized carbons (Fsp3) is 0.176. The number of anilines is 1. The summed E-state index contributed by atoms with van der Waals surface area (Å²) in [6, 6.07) is 13.5. The number of rotatable bonds is 6. The fourth-order valence-electron chi connectivity index (χ4n) is 2.12. The number of nitrogen functional groups attached to an aromatic ring is 1. The molecule has 0 saturated carbocycles. The third-order valence-corrected chi connectivity index (χ3v) is 5.22. The molecule has 0 unspecified atom stereocenters. The summed E-state index contributed by atoms with van der Waals surface area (Å²) < 4.78 is 11.7. The third-order valence-electron chi connectivity index (χ3n) is 3.24. The van der Waals surface area contributed by atoms with Gasteiger partial charge in [0, 0.05) is 18.6 Å². The van der Waals surface area contributed by atoms with E-state index in [2.05, 4.69) is 11.1 Å². The Bertz CT molecular complexity index is 902. The van der Waals surface area contributed by atoms with E-state index in [1.807, 2.05) is 24.3 Å². The number of ether oxygens (including phenoxy) is 2. The molecule has 0 aliphatic carbocycles. The second-order valence-corrected chi connectivity index (χ2v) is 7.34. The van der Waals surface area contributed by atoms with Crippen LogP contribution in [-0.2, 0) is 4.74 Å². The molecular weight excluding hydrogens is 342 g/mol. The van der Waals surface area contributed by atoms with E-state index in [0.29, 0.717) is 24.5 Å². The van der Waals surface area contributed by atoms with E-state index in [1.54, 1.807) is 31.0 Å². The maximum absolute atomic E-state index is 9.29. The topological polar surface area (TPSA) is 81.2 Å². The van der Waals surface area contributed by atoms with Gasteiger partial charge in [-0.25, -0.2) is 4.98 Å². The van der Waals surface area contributed by atoms with Gasteiger partial charge in [-0.3, -0.25) is 0 Å². The van der Waals surface area contributed by atoms with Crippen molar-refractivity contribution in [2.75, 3.05) is 26.1 Å². The average molecular weight is 357 g/mol. The van der Waals surface area contributed by atoms with E-state index in [1.165, 1.54) is 11.3 Å². The van der Waals surface area contributed by atoms with Gasteiger partial charge in [-0.2, -0.15) is 5.26 Å². The molecule has 24 heavy (non-hydrogen) atoms. The van der Waals surface area contributed by atoms with Gasteiger partial charge in [0.1, 0.15) is 23.5 Å². The van der Waals surface area contributed by atoms with Crippen molar-refractivity contribution in [1.82, 2.24) is 4.98 Å². The number of hydrogen-bond donors (Lipinski definition) is 1. The summed E-state index contributed by atoms with van der Waals surface area (Å²) >= 11 is 3.09. The zero-order chi connectivity index (χ0) is 16.9. The molecule has 5 nitrogen and oxygen atoms in total. The highest BCUT2D eigenvalue weighted by Crippen LogP contribution is 2.35. The van der Waals surface area contributed by atoms with Crippen LogP contribution in [0.1, 0.15) is 5.56 Å². The van der Waals surface area contributed by atoms with Crippen molar-refractivity contribution >= 4 is 39.0 Å². The Morgan fingerprint density at radius 2 is 2.12 bits per heavy atom. The number of nitrogens with zero attached hydrogens (tertiary/aromatic N) is 2. The summed E-state index contributed by atoms with van der Waals surface area (Å²) in [7, 11) is 1.61. The zero-order valence-electron chi connectivity index (χ0n) is 13.0. The first-order valence-electron chi connectivity index (χ1n) is 7.19. The van der Waals surface area contributed by atoms with E-state index in [4.69, 9.17) is 15.2 Å². The summed E-state index contributed by atoms with van der Waals surface area (Å²) in [5, 5.41) is 11.8. The van der Waals surface area contributed by atoms with Crippen molar-refractivity contribution in [2.45, 2.75) is 9.24 Å². The van der Waals surface area contributed by atoms with Gasteiger partial charge in [0.15, 0.2) is 0 Å². The van der Waals surface area contributed by atoms with Crippen LogP contribution in [0.4, 0.5) is 5.00 Å². The molecule has 0 radical (unpaired) electrons. The van der Waals surface area contributed by atoms with Crippen LogP contribution in [0.5, 0.6) is 5.75 Å². The number of thiophene rings is 1. The molecular formula is C17H15N3O2S2. The minimum atomic E-state index is 0.388. The molecule has 0 fully saturated rings. The SMILES string of the molecule is COCCOc1cc2nc(Sc3ccc(N)s3)ccc2cc1C#N. The van der Waals surface area contributed by atoms with Gasteiger partial charge < -0.3 is 15.2 Å². The summed E-state index contributed by atoms with van der Waals surface area (Å²) in [6.07, 6.45) is 0. The van der Waals surface area contributed by atoms with Crippen LogP contribution < -0.4 is 10.5 Å². The molecule has 122 valence electrons. The van der Waals surface area contributed by atoms with E-state index < -0.39 is 0 Å². The van der Waals surface area contributed by atoms with Crippen LogP contribution in [0.3, 0.4) is 0 Å². The second kappa shape index (κ2) is 7.53. The monoisotopic (exact) mass is 357 g/mol. The maximum Gasteiger partial charge on any atom is 0.139 e. The Morgan fingerprint density at radius 1 is 1.25 bits per heavy atom. The smallest absolute Gasteiger partial charge is 0.139 e. The first-order chi connectivity index (χ1) is 11.7. The molecule has 3 rings (SSSR count). The van der Waals surface area contributed by atoms with Gasteiger partial charge in [0.25, 0.3) is 0 Å². The molecule has 0 spiro atoms. The quantitative estimate of drug-likeness (QED) is 0.673. The van der Waals surface area contributed by atoms with Crippen molar-refractivity contribution in [3.8, 4) is 11.8 Å². The third kappa shape index (κ3) is 3.79. The maximum atomic E-state index is 9.29. The normalized spacial score (nSPS) is 10.7. The molecule has 0 aliphatic heterocycles. The van der Waals surface area contributed by atoms with Gasteiger partial charge in [-0.1, -0.05) is 17.8 Å². The van der Waals surface area contributed by atoms with E-state index in [0.717, 1.165) is 25.1 Å². The number of benzene rings is 1. The van der Waals surface area contributed by atoms with E-state index in [-0.39, 0.29) is 0 Å². The second-order valence-electron chi connectivity index (χ2n) is 4.90. The number of hydrogen-bond acceptors (Lipinski definition) is 7. The largest absolute Gasteiger partial charge is 0.490 e. The predicted molar refractivity (Wildman–Crippen MR) is 96.7 cm³/mol. The molecule has 7 heteroatoms. The molecule has 0 amide bonds. The average Bonchev–Trinajstić information content (AvgIpc) is 2.99. The predicted octanol–water partition coefficient (Wildman–Crippen LogP) is 3.93. The van der Waals surface area contributed by atoms with Crippen LogP contribution in [0.25, 0.3) is 10.9 Å². The molecule has 3 aromatic rings. The lowest BCUT2D eigenvalue weighted by atomic mass is 10.1. The van der Waals surface area contributed by atoms with Crippen LogP contribution in [0, 0.1) is 11.3 Å². The molecule has 0 atom stereocenters. The van der Waals surface area contributed by atoms with E-state index >= 15 is 0 Å². The molecule has 2 N–H and O–H groups in total. The summed E-state index contributed by atoms with van der Waals surface area (Å²) in [6.45, 7) is 0.853. The van der Waals surface area contributed by atoms with Crippen molar-refractivity contribution in [2.24, 2.45) is 0 Å². The van der Waals surface area contributed by atoms with Crippen LogP contribution in [-0.4, -0.2) is 25.3 Å². The minimum Gasteiger partial charge on any atom is -0.490 e. The number of fused-ring (bicyclic) bond motifs is 1. The number of nitriles is 1. The Hall–Kier alpha value is -2.27. The Balaban J connectivity index is 1.91. The highest BCUT2D eigenvalue weighted by atomic mass is 32.2.